The van der Waals surface area contributed by atoms with Crippen LogP contribution in [0.2, 0.25) is 10.1 Å². The van der Waals surface area contributed by atoms with Crippen molar-refractivity contribution in [1.29, 1.82) is 0 Å². The molecule has 36 heavy (non-hydrogen) atoms. The number of imidazole rings is 1. The van der Waals surface area contributed by atoms with Gasteiger partial charge in [-0.05, 0) is 12.1 Å². The van der Waals surface area contributed by atoms with Gasteiger partial charge in [-0.2, -0.15) is 0 Å². The molecule has 0 saturated carbocycles. The van der Waals surface area contributed by atoms with Gasteiger partial charge in [0.2, 0.25) is 0 Å². The number of carbonyl (C=O) groups excluding carboxylic acids is 1. The van der Waals surface area contributed by atoms with E-state index in [1.807, 2.05) is 6.07 Å². The lowest BCUT2D eigenvalue weighted by Gasteiger charge is -2.46. The standard InChI is InChI=1S/C25H33N5O5Si/c1-24(2,3)36(25(4,5)6)34-18-17(32-7)22(33-23(18)35-36)30-14-28-16-19(26-13-27-20(16)30)29-21(31)15-11-9-8-10-12-15/h8-14,17-18,22-23H,1-7H3,(H,26,27,29,31)/t17-,18+,22-,23-/m1/s1. The minimum atomic E-state index is -2.72. The van der Waals surface area contributed by atoms with Crippen LogP contribution in [0.15, 0.2) is 43.0 Å². The van der Waals surface area contributed by atoms with Gasteiger partial charge >= 0.3 is 8.56 Å². The number of aromatic nitrogens is 4. The van der Waals surface area contributed by atoms with Crippen molar-refractivity contribution in [3.63, 3.8) is 0 Å². The van der Waals surface area contributed by atoms with E-state index in [1.165, 1.54) is 6.33 Å². The summed E-state index contributed by atoms with van der Waals surface area (Å²) in [4.78, 5) is 25.9. The molecule has 4 heterocycles. The molecule has 2 aliphatic heterocycles. The summed E-state index contributed by atoms with van der Waals surface area (Å²) in [6.45, 7) is 13.0. The molecule has 0 spiro atoms. The third-order valence-electron chi connectivity index (χ3n) is 6.88. The average Bonchev–Trinajstić information content (AvgIpc) is 3.50. The van der Waals surface area contributed by atoms with Crippen LogP contribution in [0.1, 0.15) is 58.1 Å². The van der Waals surface area contributed by atoms with E-state index in [4.69, 9.17) is 18.3 Å². The van der Waals surface area contributed by atoms with Crippen molar-refractivity contribution in [2.24, 2.45) is 0 Å². The molecule has 2 aliphatic rings. The number of hydrogen-bond acceptors (Lipinski definition) is 8. The van der Waals surface area contributed by atoms with E-state index >= 15 is 0 Å². The van der Waals surface area contributed by atoms with E-state index in [9.17, 15) is 4.79 Å². The van der Waals surface area contributed by atoms with Crippen molar-refractivity contribution >= 4 is 31.4 Å². The highest BCUT2D eigenvalue weighted by molar-refractivity contribution is 6.74. The molecule has 1 N–H and O–H groups in total. The minimum Gasteiger partial charge on any atom is -0.382 e. The maximum absolute atomic E-state index is 12.7. The number of rotatable bonds is 4. The lowest BCUT2D eigenvalue weighted by Crippen LogP contribution is -2.55. The molecule has 4 atom stereocenters. The number of ether oxygens (including phenoxy) is 2. The molecule has 0 unspecified atom stereocenters. The Morgan fingerprint density at radius 1 is 1.03 bits per heavy atom. The Labute approximate surface area is 211 Å². The molecular formula is C25H33N5O5Si. The van der Waals surface area contributed by atoms with Crippen molar-refractivity contribution in [2.45, 2.75) is 76.3 Å². The van der Waals surface area contributed by atoms with Gasteiger partial charge in [0, 0.05) is 22.7 Å². The minimum absolute atomic E-state index is 0.173. The third kappa shape index (κ3) is 3.86. The van der Waals surface area contributed by atoms with Gasteiger partial charge in [0.25, 0.3) is 5.91 Å². The summed E-state index contributed by atoms with van der Waals surface area (Å²) in [5.74, 6) is 0.0400. The summed E-state index contributed by atoms with van der Waals surface area (Å²) in [6.07, 6.45) is 1.04. The maximum Gasteiger partial charge on any atom is 0.351 e. The van der Waals surface area contributed by atoms with Gasteiger partial charge < -0.3 is 23.6 Å². The molecule has 192 valence electrons. The van der Waals surface area contributed by atoms with E-state index < -0.39 is 27.2 Å². The molecule has 5 rings (SSSR count). The number of carbonyl (C=O) groups is 1. The maximum atomic E-state index is 12.7. The zero-order chi connectivity index (χ0) is 25.9. The number of fused-ring (bicyclic) bond motifs is 2. The first-order valence-electron chi connectivity index (χ1n) is 12.0. The number of nitrogens with one attached hydrogen (secondary N) is 1. The second-order valence-electron chi connectivity index (χ2n) is 11.3. The van der Waals surface area contributed by atoms with Crippen LogP contribution in [0.5, 0.6) is 0 Å². The number of nitrogens with zero attached hydrogens (tertiary/aromatic N) is 4. The van der Waals surface area contributed by atoms with Crippen LogP contribution in [-0.4, -0.2) is 59.6 Å². The number of amides is 1. The largest absolute Gasteiger partial charge is 0.382 e. The van der Waals surface area contributed by atoms with Gasteiger partial charge in [-0.25, -0.2) is 15.0 Å². The van der Waals surface area contributed by atoms with Gasteiger partial charge in [0.1, 0.15) is 18.5 Å². The zero-order valence-electron chi connectivity index (χ0n) is 21.7. The topological polar surface area (TPSA) is 110 Å². The summed E-state index contributed by atoms with van der Waals surface area (Å²) < 4.78 is 27.6. The van der Waals surface area contributed by atoms with Crippen LogP contribution < -0.4 is 5.32 Å². The highest BCUT2D eigenvalue weighted by Crippen LogP contribution is 2.58. The molecule has 10 nitrogen and oxygen atoms in total. The molecule has 2 saturated heterocycles. The SMILES string of the molecule is CO[C@@H]1[C@@H]2O[Si](C(C)(C)C)(C(C)(C)C)O[C@H]2O[C@H]1n1cnc2c(NC(=O)c3ccccc3)ncnc21. The van der Waals surface area contributed by atoms with Crippen LogP contribution in [-0.2, 0) is 18.3 Å². The number of benzene rings is 1. The summed E-state index contributed by atoms with van der Waals surface area (Å²) >= 11 is 0. The first kappa shape index (κ1) is 25.0. The van der Waals surface area contributed by atoms with E-state index in [1.54, 1.807) is 42.3 Å². The van der Waals surface area contributed by atoms with E-state index in [0.717, 1.165) is 0 Å². The molecule has 1 aromatic carbocycles. The van der Waals surface area contributed by atoms with Gasteiger partial charge in [-0.15, -0.1) is 0 Å². The fraction of sp³-hybridized carbons (Fsp3) is 0.520. The predicted octanol–water partition coefficient (Wildman–Crippen LogP) is 4.41. The number of methoxy groups -OCH3 is 1. The van der Waals surface area contributed by atoms with Gasteiger partial charge in [0.15, 0.2) is 29.5 Å². The van der Waals surface area contributed by atoms with Crippen LogP contribution in [0, 0.1) is 0 Å². The van der Waals surface area contributed by atoms with Crippen molar-refractivity contribution < 1.29 is 23.1 Å². The van der Waals surface area contributed by atoms with Gasteiger partial charge in [0.05, 0.1) is 6.33 Å². The van der Waals surface area contributed by atoms with Crippen molar-refractivity contribution in [2.75, 3.05) is 12.4 Å². The Morgan fingerprint density at radius 3 is 2.36 bits per heavy atom. The monoisotopic (exact) mass is 511 g/mol. The molecule has 0 aliphatic carbocycles. The van der Waals surface area contributed by atoms with Crippen LogP contribution in [0.4, 0.5) is 5.82 Å². The molecule has 1 amide bonds. The van der Waals surface area contributed by atoms with E-state index in [-0.39, 0.29) is 22.1 Å². The normalized spacial score (nSPS) is 25.8. The molecule has 3 aromatic rings. The van der Waals surface area contributed by atoms with Crippen LogP contribution in [0.25, 0.3) is 11.2 Å². The van der Waals surface area contributed by atoms with Crippen LogP contribution in [0.3, 0.4) is 0 Å². The fourth-order valence-corrected chi connectivity index (χ4v) is 10.3. The highest BCUT2D eigenvalue weighted by atomic mass is 28.4. The molecule has 0 radical (unpaired) electrons. The second kappa shape index (κ2) is 8.70. The quantitative estimate of drug-likeness (QED) is 0.513. The summed E-state index contributed by atoms with van der Waals surface area (Å²) in [5.41, 5.74) is 1.48. The molecule has 11 heteroatoms. The fourth-order valence-electron chi connectivity index (χ4n) is 5.42. The molecular weight excluding hydrogens is 478 g/mol. The smallest absolute Gasteiger partial charge is 0.351 e. The highest BCUT2D eigenvalue weighted by Gasteiger charge is 2.69. The first-order chi connectivity index (χ1) is 17.0. The predicted molar refractivity (Wildman–Crippen MR) is 136 cm³/mol. The van der Waals surface area contributed by atoms with E-state index in [0.29, 0.717) is 22.5 Å². The second-order valence-corrected chi connectivity index (χ2v) is 16.0. The van der Waals surface area contributed by atoms with Crippen LogP contribution >= 0.6 is 0 Å². The van der Waals surface area contributed by atoms with Crippen molar-refractivity contribution in [3.05, 3.63) is 48.5 Å². The number of anilines is 1. The summed E-state index contributed by atoms with van der Waals surface area (Å²) in [6, 6.07) is 8.94. The van der Waals surface area contributed by atoms with Crippen molar-refractivity contribution in [1.82, 2.24) is 19.5 Å². The van der Waals surface area contributed by atoms with Crippen molar-refractivity contribution in [3.8, 4) is 0 Å². The number of hydrogen-bond donors (Lipinski definition) is 1. The molecule has 2 aromatic heterocycles. The van der Waals surface area contributed by atoms with Gasteiger partial charge in [-0.3, -0.25) is 9.36 Å². The Morgan fingerprint density at radius 2 is 1.72 bits per heavy atom. The van der Waals surface area contributed by atoms with E-state index in [2.05, 4.69) is 61.8 Å². The lowest BCUT2D eigenvalue weighted by molar-refractivity contribution is -0.113. The summed E-state index contributed by atoms with van der Waals surface area (Å²) in [5, 5.41) is 2.49. The Bertz CT molecular complexity index is 1260. The Kier molecular flexibility index (Phi) is 6.03. The zero-order valence-corrected chi connectivity index (χ0v) is 22.7. The van der Waals surface area contributed by atoms with Gasteiger partial charge in [-0.1, -0.05) is 59.7 Å². The third-order valence-corrected chi connectivity index (χ3v) is 12.0. The first-order valence-corrected chi connectivity index (χ1v) is 13.9. The average molecular weight is 512 g/mol. The Balaban J connectivity index is 1.44. The molecule has 2 fully saturated rings. The Hall–Kier alpha value is -2.70. The molecule has 0 bridgehead atoms. The summed E-state index contributed by atoms with van der Waals surface area (Å²) in [7, 11) is -1.08. The lowest BCUT2D eigenvalue weighted by atomic mass is 10.2.